The van der Waals surface area contributed by atoms with Gasteiger partial charge in [-0.15, -0.1) is 11.3 Å². The summed E-state index contributed by atoms with van der Waals surface area (Å²) >= 11 is 6.06. The molecule has 0 saturated heterocycles. The van der Waals surface area contributed by atoms with E-state index in [4.69, 9.17) is 5.73 Å². The van der Waals surface area contributed by atoms with Crippen LogP contribution in [0, 0.1) is 0 Å². The van der Waals surface area contributed by atoms with Crippen LogP contribution in [0.25, 0.3) is 0 Å². The summed E-state index contributed by atoms with van der Waals surface area (Å²) in [6, 6.07) is 1.94. The SMILES string of the molecule is CS(=O)(=O)c1c(N)nsc1NCc1sccc1Br. The molecule has 0 radical (unpaired) electrons. The smallest absolute Gasteiger partial charge is 0.182 e. The quantitative estimate of drug-likeness (QED) is 0.867. The summed E-state index contributed by atoms with van der Waals surface area (Å²) in [5.74, 6) is 0.0512. The van der Waals surface area contributed by atoms with Crippen molar-refractivity contribution in [1.29, 1.82) is 0 Å². The number of thiophene rings is 1. The molecule has 0 aliphatic rings. The zero-order chi connectivity index (χ0) is 13.3. The summed E-state index contributed by atoms with van der Waals surface area (Å²) in [6.07, 6.45) is 1.12. The standard InChI is InChI=1S/C9H10BrN3O2S3/c1-18(14,15)7-8(11)13-17-9(7)12-4-6-5(10)2-3-16-6/h2-3,12H,4H2,1H3,(H2,11,13). The maximum atomic E-state index is 11.6. The molecule has 0 aliphatic carbocycles. The molecule has 0 saturated carbocycles. The van der Waals surface area contributed by atoms with E-state index in [0.29, 0.717) is 11.5 Å². The second kappa shape index (κ2) is 5.16. The van der Waals surface area contributed by atoms with Gasteiger partial charge < -0.3 is 11.1 Å². The van der Waals surface area contributed by atoms with E-state index >= 15 is 0 Å². The number of nitrogens with zero attached hydrogens (tertiary/aromatic N) is 1. The fraction of sp³-hybridized carbons (Fsp3) is 0.222. The molecule has 9 heteroatoms. The minimum Gasteiger partial charge on any atom is -0.382 e. The van der Waals surface area contributed by atoms with Gasteiger partial charge in [-0.05, 0) is 38.9 Å². The van der Waals surface area contributed by atoms with Crippen LogP contribution in [0.15, 0.2) is 20.8 Å². The monoisotopic (exact) mass is 367 g/mol. The summed E-state index contributed by atoms with van der Waals surface area (Å²) in [7, 11) is -3.37. The van der Waals surface area contributed by atoms with Crippen LogP contribution in [0.4, 0.5) is 10.8 Å². The molecule has 0 aliphatic heterocycles. The van der Waals surface area contributed by atoms with Gasteiger partial charge in [0.2, 0.25) is 0 Å². The van der Waals surface area contributed by atoms with E-state index in [1.54, 1.807) is 11.3 Å². The Balaban J connectivity index is 2.24. The lowest BCUT2D eigenvalue weighted by molar-refractivity contribution is 0.602. The van der Waals surface area contributed by atoms with Crippen molar-refractivity contribution in [3.8, 4) is 0 Å². The van der Waals surface area contributed by atoms with Crippen molar-refractivity contribution in [2.45, 2.75) is 11.4 Å². The number of halogens is 1. The molecule has 5 nitrogen and oxygen atoms in total. The number of nitrogens with one attached hydrogen (secondary N) is 1. The zero-order valence-corrected chi connectivity index (χ0v) is 13.3. The van der Waals surface area contributed by atoms with Crippen LogP contribution in [-0.2, 0) is 16.4 Å². The third kappa shape index (κ3) is 2.85. The number of rotatable bonds is 4. The summed E-state index contributed by atoms with van der Waals surface area (Å²) in [5, 5.41) is 5.50. The third-order valence-corrected chi connectivity index (χ3v) is 6.17. The van der Waals surface area contributed by atoms with Crippen LogP contribution in [0.3, 0.4) is 0 Å². The Labute approximate surface area is 121 Å². The lowest BCUT2D eigenvalue weighted by Crippen LogP contribution is -2.05. The molecule has 0 aromatic carbocycles. The first-order valence-corrected chi connectivity index (χ1v) is 9.14. The van der Waals surface area contributed by atoms with Crippen molar-refractivity contribution in [2.75, 3.05) is 17.3 Å². The molecule has 18 heavy (non-hydrogen) atoms. The van der Waals surface area contributed by atoms with Crippen LogP contribution < -0.4 is 11.1 Å². The molecule has 3 N–H and O–H groups in total. The van der Waals surface area contributed by atoms with Crippen LogP contribution in [0.5, 0.6) is 0 Å². The van der Waals surface area contributed by atoms with Crippen LogP contribution in [-0.4, -0.2) is 19.0 Å². The maximum absolute atomic E-state index is 11.6. The highest BCUT2D eigenvalue weighted by atomic mass is 79.9. The largest absolute Gasteiger partial charge is 0.382 e. The zero-order valence-electron chi connectivity index (χ0n) is 9.31. The second-order valence-corrected chi connectivity index (χ2v) is 8.12. The molecule has 0 atom stereocenters. The first-order chi connectivity index (χ1) is 8.39. The van der Waals surface area contributed by atoms with Gasteiger partial charge in [0.15, 0.2) is 15.7 Å². The summed E-state index contributed by atoms with van der Waals surface area (Å²) in [5.41, 5.74) is 5.58. The summed E-state index contributed by atoms with van der Waals surface area (Å²) < 4.78 is 28.1. The van der Waals surface area contributed by atoms with E-state index in [0.717, 1.165) is 27.1 Å². The van der Waals surface area contributed by atoms with E-state index in [1.807, 2.05) is 11.4 Å². The highest BCUT2D eigenvalue weighted by Crippen LogP contribution is 2.32. The van der Waals surface area contributed by atoms with Gasteiger partial charge in [-0.25, -0.2) is 8.42 Å². The molecule has 2 heterocycles. The molecule has 0 unspecified atom stereocenters. The van der Waals surface area contributed by atoms with Gasteiger partial charge in [0, 0.05) is 15.6 Å². The van der Waals surface area contributed by atoms with Gasteiger partial charge in [-0.3, -0.25) is 0 Å². The third-order valence-electron chi connectivity index (χ3n) is 2.15. The van der Waals surface area contributed by atoms with E-state index in [1.165, 1.54) is 0 Å². The van der Waals surface area contributed by atoms with Gasteiger partial charge in [0.25, 0.3) is 0 Å². The van der Waals surface area contributed by atoms with E-state index < -0.39 is 9.84 Å². The average Bonchev–Trinajstić information content (AvgIpc) is 2.81. The van der Waals surface area contributed by atoms with Crippen LogP contribution >= 0.6 is 38.8 Å². The number of anilines is 2. The molecular formula is C9H10BrN3O2S3. The number of sulfone groups is 1. The van der Waals surface area contributed by atoms with Gasteiger partial charge in [0.05, 0.1) is 6.54 Å². The molecule has 2 aromatic rings. The van der Waals surface area contributed by atoms with Crippen LogP contribution in [0.2, 0.25) is 0 Å². The van der Waals surface area contributed by atoms with Crippen molar-refractivity contribution < 1.29 is 8.42 Å². The highest BCUT2D eigenvalue weighted by Gasteiger charge is 2.21. The Morgan fingerprint density at radius 1 is 1.56 bits per heavy atom. The fourth-order valence-corrected chi connectivity index (χ4v) is 4.87. The number of hydrogen-bond acceptors (Lipinski definition) is 7. The fourth-order valence-electron chi connectivity index (χ4n) is 1.38. The number of hydrogen-bond donors (Lipinski definition) is 2. The van der Waals surface area contributed by atoms with Crippen molar-refractivity contribution in [2.24, 2.45) is 0 Å². The van der Waals surface area contributed by atoms with Crippen molar-refractivity contribution in [1.82, 2.24) is 4.37 Å². The average molecular weight is 368 g/mol. The van der Waals surface area contributed by atoms with Crippen molar-refractivity contribution in [3.05, 3.63) is 20.8 Å². The molecular weight excluding hydrogens is 358 g/mol. The van der Waals surface area contributed by atoms with E-state index in [2.05, 4.69) is 25.6 Å². The predicted octanol–water partition coefficient (Wildman–Crippen LogP) is 2.56. The van der Waals surface area contributed by atoms with Crippen molar-refractivity contribution >= 4 is 59.5 Å². The van der Waals surface area contributed by atoms with Gasteiger partial charge in [0.1, 0.15) is 9.90 Å². The number of nitrogens with two attached hydrogens (primary N) is 1. The van der Waals surface area contributed by atoms with E-state index in [-0.39, 0.29) is 10.7 Å². The Kier molecular flexibility index (Phi) is 3.95. The maximum Gasteiger partial charge on any atom is 0.182 e. The Bertz CT molecular complexity index is 662. The Morgan fingerprint density at radius 2 is 2.28 bits per heavy atom. The summed E-state index contributed by atoms with van der Waals surface area (Å²) in [6.45, 7) is 0.530. The molecule has 98 valence electrons. The first kappa shape index (κ1) is 13.8. The van der Waals surface area contributed by atoms with Gasteiger partial charge >= 0.3 is 0 Å². The van der Waals surface area contributed by atoms with Crippen molar-refractivity contribution in [3.63, 3.8) is 0 Å². The Hall–Kier alpha value is -0.640. The van der Waals surface area contributed by atoms with Gasteiger partial charge in [-0.2, -0.15) is 4.37 Å². The molecule has 0 fully saturated rings. The normalized spacial score (nSPS) is 11.7. The molecule has 0 amide bonds. The lowest BCUT2D eigenvalue weighted by atomic mass is 10.4. The van der Waals surface area contributed by atoms with E-state index in [9.17, 15) is 8.42 Å². The number of aromatic nitrogens is 1. The van der Waals surface area contributed by atoms with Crippen LogP contribution in [0.1, 0.15) is 4.88 Å². The molecule has 2 aromatic heterocycles. The second-order valence-electron chi connectivity index (χ2n) is 3.54. The molecule has 0 bridgehead atoms. The first-order valence-electron chi connectivity index (χ1n) is 4.80. The topological polar surface area (TPSA) is 85.1 Å². The Morgan fingerprint density at radius 3 is 2.83 bits per heavy atom. The molecule has 2 rings (SSSR count). The minimum absolute atomic E-state index is 0.0512. The number of nitrogen functional groups attached to an aromatic ring is 1. The summed E-state index contributed by atoms with van der Waals surface area (Å²) in [4.78, 5) is 1.17. The highest BCUT2D eigenvalue weighted by molar-refractivity contribution is 9.10. The molecule has 0 spiro atoms. The lowest BCUT2D eigenvalue weighted by Gasteiger charge is -2.04. The van der Waals surface area contributed by atoms with Gasteiger partial charge in [-0.1, -0.05) is 0 Å². The minimum atomic E-state index is -3.37. The predicted molar refractivity (Wildman–Crippen MR) is 79.0 cm³/mol.